The number of benzene rings is 1. The lowest BCUT2D eigenvalue weighted by Gasteiger charge is -1.98. The highest BCUT2D eigenvalue weighted by molar-refractivity contribution is 7.15. The van der Waals surface area contributed by atoms with Crippen LogP contribution >= 0.6 is 34.3 Å². The molecule has 3 rings (SSSR count). The van der Waals surface area contributed by atoms with Gasteiger partial charge in [-0.3, -0.25) is 5.43 Å². The van der Waals surface area contributed by atoms with Gasteiger partial charge >= 0.3 is 0 Å². The molecule has 0 aliphatic rings. The van der Waals surface area contributed by atoms with Gasteiger partial charge in [0.1, 0.15) is 5.75 Å². The normalized spacial score (nSPS) is 11.1. The topological polar surface area (TPSA) is 57.5 Å². The highest BCUT2D eigenvalue weighted by Gasteiger charge is 2.04. The Morgan fingerprint density at radius 2 is 2.19 bits per heavy atom. The van der Waals surface area contributed by atoms with Gasteiger partial charge in [0.2, 0.25) is 5.13 Å². The Hall–Kier alpha value is -1.89. The first-order valence-electron chi connectivity index (χ1n) is 5.99. The number of aromatic hydroxyl groups is 1. The van der Waals surface area contributed by atoms with Crippen LogP contribution in [-0.2, 0) is 0 Å². The molecule has 3 aromatic rings. The number of thiophene rings is 1. The fraction of sp³-hybridized carbons (Fsp3) is 0. The van der Waals surface area contributed by atoms with E-state index in [1.807, 2.05) is 22.9 Å². The molecule has 7 heteroatoms. The van der Waals surface area contributed by atoms with E-state index in [0.717, 1.165) is 21.3 Å². The lowest BCUT2D eigenvalue weighted by atomic mass is 10.2. The average Bonchev–Trinajstić information content (AvgIpc) is 3.13. The molecule has 0 atom stereocenters. The predicted molar refractivity (Wildman–Crippen MR) is 89.8 cm³/mol. The number of phenolic OH excluding ortho intramolecular Hbond substituents is 1. The van der Waals surface area contributed by atoms with E-state index in [2.05, 4.69) is 15.5 Å². The fourth-order valence-electron chi connectivity index (χ4n) is 1.63. The van der Waals surface area contributed by atoms with E-state index < -0.39 is 0 Å². The number of hydrogen-bond acceptors (Lipinski definition) is 6. The summed E-state index contributed by atoms with van der Waals surface area (Å²) in [6.07, 6.45) is 1.62. The van der Waals surface area contributed by atoms with Crippen molar-refractivity contribution >= 4 is 45.6 Å². The highest BCUT2D eigenvalue weighted by Crippen LogP contribution is 2.28. The van der Waals surface area contributed by atoms with Gasteiger partial charge in [0.25, 0.3) is 0 Å². The van der Waals surface area contributed by atoms with Crippen molar-refractivity contribution < 1.29 is 5.11 Å². The number of hydrazone groups is 1. The molecule has 0 fully saturated rings. The van der Waals surface area contributed by atoms with Crippen molar-refractivity contribution in [3.8, 4) is 16.3 Å². The Kier molecular flexibility index (Phi) is 4.19. The second-order valence-electron chi connectivity index (χ2n) is 4.10. The summed E-state index contributed by atoms with van der Waals surface area (Å²) in [6, 6.07) is 8.93. The van der Waals surface area contributed by atoms with E-state index in [-0.39, 0.29) is 5.75 Å². The molecule has 106 valence electrons. The summed E-state index contributed by atoms with van der Waals surface area (Å²) in [6.45, 7) is 0. The lowest BCUT2D eigenvalue weighted by molar-refractivity contribution is 0.475. The van der Waals surface area contributed by atoms with Crippen LogP contribution < -0.4 is 5.43 Å². The summed E-state index contributed by atoms with van der Waals surface area (Å²) < 4.78 is 0. The third-order valence-corrected chi connectivity index (χ3v) is 4.57. The number of hydrogen-bond donors (Lipinski definition) is 2. The number of thiazole rings is 1. The molecule has 2 heterocycles. The van der Waals surface area contributed by atoms with Crippen molar-refractivity contribution in [3.05, 3.63) is 51.7 Å². The van der Waals surface area contributed by atoms with Gasteiger partial charge in [-0.05, 0) is 35.2 Å². The molecule has 0 aliphatic carbocycles. The monoisotopic (exact) mass is 335 g/mol. The molecule has 0 bridgehead atoms. The van der Waals surface area contributed by atoms with E-state index in [1.165, 1.54) is 17.4 Å². The molecular weight excluding hydrogens is 326 g/mol. The molecule has 2 aromatic heterocycles. The van der Waals surface area contributed by atoms with E-state index in [0.29, 0.717) is 5.02 Å². The van der Waals surface area contributed by atoms with Gasteiger partial charge in [0.15, 0.2) is 0 Å². The fourth-order valence-corrected chi connectivity index (χ4v) is 3.24. The summed E-state index contributed by atoms with van der Waals surface area (Å²) >= 11 is 8.97. The third kappa shape index (κ3) is 3.41. The zero-order chi connectivity index (χ0) is 14.7. The van der Waals surface area contributed by atoms with Crippen molar-refractivity contribution in [3.63, 3.8) is 0 Å². The zero-order valence-corrected chi connectivity index (χ0v) is 13.0. The number of aromatic nitrogens is 1. The average molecular weight is 336 g/mol. The van der Waals surface area contributed by atoms with Crippen LogP contribution in [0.15, 0.2) is 46.2 Å². The maximum absolute atomic E-state index is 9.34. The Morgan fingerprint density at radius 1 is 1.29 bits per heavy atom. The summed E-state index contributed by atoms with van der Waals surface area (Å²) in [4.78, 5) is 5.59. The van der Waals surface area contributed by atoms with Crippen LogP contribution in [0.2, 0.25) is 5.02 Å². The molecule has 21 heavy (non-hydrogen) atoms. The van der Waals surface area contributed by atoms with Crippen LogP contribution in [0.3, 0.4) is 0 Å². The van der Waals surface area contributed by atoms with Crippen molar-refractivity contribution in [2.45, 2.75) is 0 Å². The van der Waals surface area contributed by atoms with Gasteiger partial charge in [-0.2, -0.15) is 5.10 Å². The molecular formula is C14H10ClN3OS2. The number of nitrogens with one attached hydrogen (secondary N) is 1. The van der Waals surface area contributed by atoms with Crippen LogP contribution in [0.25, 0.3) is 10.6 Å². The number of halogens is 1. The van der Waals surface area contributed by atoms with Crippen molar-refractivity contribution in [2.75, 3.05) is 5.43 Å². The molecule has 0 saturated carbocycles. The van der Waals surface area contributed by atoms with Crippen LogP contribution in [-0.4, -0.2) is 16.3 Å². The van der Waals surface area contributed by atoms with Crippen LogP contribution in [0.5, 0.6) is 5.75 Å². The molecule has 0 aliphatic heterocycles. The Bertz CT molecular complexity index is 768. The third-order valence-electron chi connectivity index (χ3n) is 2.62. The van der Waals surface area contributed by atoms with E-state index in [9.17, 15) is 5.11 Å². The van der Waals surface area contributed by atoms with Crippen molar-refractivity contribution in [1.29, 1.82) is 0 Å². The largest absolute Gasteiger partial charge is 0.506 e. The summed E-state index contributed by atoms with van der Waals surface area (Å²) in [5.74, 6) is 0.0577. The minimum Gasteiger partial charge on any atom is -0.506 e. The number of nitrogens with zero attached hydrogens (tertiary/aromatic N) is 2. The molecule has 0 radical (unpaired) electrons. The second-order valence-corrected chi connectivity index (χ2v) is 6.31. The maximum atomic E-state index is 9.34. The minimum absolute atomic E-state index is 0.0577. The van der Waals surface area contributed by atoms with Crippen LogP contribution in [0, 0.1) is 0 Å². The van der Waals surface area contributed by atoms with Crippen molar-refractivity contribution in [2.24, 2.45) is 5.10 Å². The molecule has 0 spiro atoms. The first kappa shape index (κ1) is 14.1. The summed E-state index contributed by atoms with van der Waals surface area (Å²) in [5.41, 5.74) is 4.62. The first-order chi connectivity index (χ1) is 10.2. The van der Waals surface area contributed by atoms with E-state index in [4.69, 9.17) is 11.6 Å². The smallest absolute Gasteiger partial charge is 0.203 e. The summed E-state index contributed by atoms with van der Waals surface area (Å²) in [5, 5.41) is 18.5. The minimum atomic E-state index is 0.0577. The zero-order valence-electron chi connectivity index (χ0n) is 10.7. The molecule has 2 N–H and O–H groups in total. The molecule has 4 nitrogen and oxygen atoms in total. The second kappa shape index (κ2) is 6.26. The highest BCUT2D eigenvalue weighted by atomic mass is 35.5. The molecule has 1 aromatic carbocycles. The van der Waals surface area contributed by atoms with Gasteiger partial charge < -0.3 is 5.11 Å². The quantitative estimate of drug-likeness (QED) is 0.537. The van der Waals surface area contributed by atoms with Crippen LogP contribution in [0.1, 0.15) is 5.56 Å². The Morgan fingerprint density at radius 3 is 2.95 bits per heavy atom. The van der Waals surface area contributed by atoms with Gasteiger partial charge in [-0.25, -0.2) is 4.98 Å². The summed E-state index contributed by atoms with van der Waals surface area (Å²) in [7, 11) is 0. The number of phenols is 1. The molecule has 0 unspecified atom stereocenters. The first-order valence-corrected chi connectivity index (χ1v) is 8.13. The Balaban J connectivity index is 1.67. The van der Waals surface area contributed by atoms with Gasteiger partial charge in [0.05, 0.1) is 21.8 Å². The number of rotatable bonds is 4. The standard InChI is InChI=1S/C14H10ClN3OS2/c15-10-6-9(3-4-12(10)19)7-16-18-14-17-11(8-21-14)13-2-1-5-20-13/h1-8,19H,(H,17,18)/b16-7-. The maximum Gasteiger partial charge on any atom is 0.203 e. The predicted octanol–water partition coefficient (Wildman–Crippen LogP) is 4.68. The molecule has 0 saturated heterocycles. The van der Waals surface area contributed by atoms with E-state index >= 15 is 0 Å². The van der Waals surface area contributed by atoms with Gasteiger partial charge in [0, 0.05) is 5.38 Å². The molecule has 0 amide bonds. The lowest BCUT2D eigenvalue weighted by Crippen LogP contribution is -1.90. The number of anilines is 1. The van der Waals surface area contributed by atoms with Gasteiger partial charge in [-0.1, -0.05) is 17.7 Å². The van der Waals surface area contributed by atoms with E-state index in [1.54, 1.807) is 29.7 Å². The van der Waals surface area contributed by atoms with Crippen molar-refractivity contribution in [1.82, 2.24) is 4.98 Å². The SMILES string of the molecule is Oc1ccc(/C=N\Nc2nc(-c3cccs3)cs2)cc1Cl. The Labute approximate surface area is 134 Å². The van der Waals surface area contributed by atoms with Gasteiger partial charge in [-0.15, -0.1) is 22.7 Å². The van der Waals surface area contributed by atoms with Crippen LogP contribution in [0.4, 0.5) is 5.13 Å².